The molecule has 47 heavy (non-hydrogen) atoms. The number of aryl methyl sites for hydroxylation is 8. The molecule has 5 heterocycles. The molecular formula is C36H41ClN6O3S. The number of hydrogen-bond donors (Lipinski definition) is 1. The topological polar surface area (TPSA) is 88.1 Å². The summed E-state index contributed by atoms with van der Waals surface area (Å²) in [5.41, 5.74) is 12.2. The number of carbonyl (C=O) groups excluding carboxylic acids is 1. The first-order chi connectivity index (χ1) is 22.7. The molecule has 5 aromatic rings. The van der Waals surface area contributed by atoms with Crippen molar-refractivity contribution in [3.8, 4) is 16.9 Å². The number of thioether (sulfide) groups is 1. The van der Waals surface area contributed by atoms with Crippen LogP contribution in [0, 0.1) is 6.92 Å². The number of anilines is 1. The normalized spacial score (nSPS) is 15.4. The van der Waals surface area contributed by atoms with Gasteiger partial charge in [0.2, 0.25) is 0 Å². The molecule has 246 valence electrons. The molecule has 0 radical (unpaired) electrons. The Labute approximate surface area is 284 Å². The Kier molecular flexibility index (Phi) is 8.74. The lowest BCUT2D eigenvalue weighted by Crippen LogP contribution is -2.15. The molecule has 7 rings (SSSR count). The van der Waals surface area contributed by atoms with Gasteiger partial charge in [-0.2, -0.15) is 10.2 Å². The summed E-state index contributed by atoms with van der Waals surface area (Å²) in [6.07, 6.45) is 5.34. The van der Waals surface area contributed by atoms with E-state index in [0.717, 1.165) is 106 Å². The number of aromatic nitrogens is 5. The predicted octanol–water partition coefficient (Wildman–Crippen LogP) is 6.96. The Morgan fingerprint density at radius 1 is 1.00 bits per heavy atom. The van der Waals surface area contributed by atoms with Gasteiger partial charge < -0.3 is 19.4 Å². The van der Waals surface area contributed by atoms with Crippen molar-refractivity contribution >= 4 is 45.9 Å². The van der Waals surface area contributed by atoms with E-state index in [2.05, 4.69) is 23.5 Å². The van der Waals surface area contributed by atoms with Gasteiger partial charge in [-0.15, -0.1) is 11.8 Å². The highest BCUT2D eigenvalue weighted by Crippen LogP contribution is 2.43. The third-order valence-corrected chi connectivity index (χ3v) is 10.9. The second-order valence-corrected chi connectivity index (χ2v) is 14.0. The van der Waals surface area contributed by atoms with Gasteiger partial charge >= 0.3 is 5.97 Å². The third-order valence-electron chi connectivity index (χ3n) is 9.56. The summed E-state index contributed by atoms with van der Waals surface area (Å²) >= 11 is 8.86. The highest BCUT2D eigenvalue weighted by atomic mass is 35.5. The summed E-state index contributed by atoms with van der Waals surface area (Å²) < 4.78 is 17.8. The molecule has 8 bridgehead atoms. The lowest BCUT2D eigenvalue weighted by Gasteiger charge is -2.23. The fourth-order valence-electron chi connectivity index (χ4n) is 7.36. The van der Waals surface area contributed by atoms with Crippen LogP contribution in [0.1, 0.15) is 62.8 Å². The molecule has 0 unspecified atom stereocenters. The Bertz CT molecular complexity index is 2010. The zero-order chi connectivity index (χ0) is 32.8. The van der Waals surface area contributed by atoms with Gasteiger partial charge in [0.25, 0.3) is 0 Å². The van der Waals surface area contributed by atoms with E-state index in [4.69, 9.17) is 31.3 Å². The first kappa shape index (κ1) is 31.7. The van der Waals surface area contributed by atoms with Crippen molar-refractivity contribution in [2.24, 2.45) is 21.1 Å². The lowest BCUT2D eigenvalue weighted by atomic mass is 9.97. The molecule has 0 amide bonds. The number of methoxy groups -OCH3 is 1. The van der Waals surface area contributed by atoms with Gasteiger partial charge in [-0.05, 0) is 80.3 Å². The summed E-state index contributed by atoms with van der Waals surface area (Å²) in [6, 6.07) is 10.7. The zero-order valence-corrected chi connectivity index (χ0v) is 29.3. The average molecular weight is 673 g/mol. The third kappa shape index (κ3) is 5.80. The smallest absolute Gasteiger partial charge is 0.354 e. The molecule has 0 atom stereocenters. The maximum absolute atomic E-state index is 13.3. The molecule has 2 aliphatic heterocycles. The van der Waals surface area contributed by atoms with Crippen LogP contribution in [0.2, 0.25) is 5.02 Å². The van der Waals surface area contributed by atoms with E-state index >= 15 is 0 Å². The number of ether oxygens (including phenoxy) is 2. The summed E-state index contributed by atoms with van der Waals surface area (Å²) in [7, 11) is 7.38. The van der Waals surface area contributed by atoms with Crippen LogP contribution in [0.4, 0.5) is 5.69 Å². The van der Waals surface area contributed by atoms with Gasteiger partial charge in [0, 0.05) is 61.4 Å². The monoisotopic (exact) mass is 672 g/mol. The van der Waals surface area contributed by atoms with Gasteiger partial charge in [-0.3, -0.25) is 9.36 Å². The molecule has 0 aliphatic carbocycles. The minimum absolute atomic E-state index is 0.365. The summed E-state index contributed by atoms with van der Waals surface area (Å²) in [4.78, 5) is 13.3. The zero-order valence-electron chi connectivity index (χ0n) is 27.7. The fourth-order valence-corrected chi connectivity index (χ4v) is 8.58. The average Bonchev–Trinajstić information content (AvgIpc) is 3.66. The molecule has 0 fully saturated rings. The Morgan fingerprint density at radius 3 is 2.68 bits per heavy atom. The van der Waals surface area contributed by atoms with E-state index in [0.29, 0.717) is 23.7 Å². The van der Waals surface area contributed by atoms with Gasteiger partial charge in [-0.1, -0.05) is 23.7 Å². The van der Waals surface area contributed by atoms with Gasteiger partial charge in [0.15, 0.2) is 0 Å². The molecule has 0 saturated heterocycles. The van der Waals surface area contributed by atoms with Crippen molar-refractivity contribution in [2.75, 3.05) is 25.6 Å². The molecule has 9 nitrogen and oxygen atoms in total. The lowest BCUT2D eigenvalue weighted by molar-refractivity contribution is 0.0589. The van der Waals surface area contributed by atoms with Gasteiger partial charge in [0.1, 0.15) is 11.4 Å². The molecule has 2 aliphatic rings. The Hall–Kier alpha value is -3.89. The van der Waals surface area contributed by atoms with Crippen LogP contribution in [0.25, 0.3) is 22.0 Å². The Balaban J connectivity index is 1.35. The van der Waals surface area contributed by atoms with Crippen molar-refractivity contribution in [2.45, 2.75) is 57.0 Å². The predicted molar refractivity (Wildman–Crippen MR) is 189 cm³/mol. The van der Waals surface area contributed by atoms with Crippen molar-refractivity contribution < 1.29 is 14.3 Å². The standard InChI is InChI=1S/C36H41ClN6O3S/c1-21-31-29(43(4)39-21)20-47-19-24-18-25(42(3)40-24)11-10-22-16-23-8-6-14-38-33(23)30(17-22)46-15-7-9-26-27-12-13-28(37)32(31)34(27)41(2)35(26)36(44)45-5/h12-13,16-18,38H,6-11,14-15,19-20H2,1-5H3. The van der Waals surface area contributed by atoms with Crippen LogP contribution in [0.15, 0.2) is 30.3 Å². The summed E-state index contributed by atoms with van der Waals surface area (Å²) in [6.45, 7) is 3.49. The first-order valence-corrected chi connectivity index (χ1v) is 17.8. The largest absolute Gasteiger partial charge is 0.491 e. The van der Waals surface area contributed by atoms with E-state index in [9.17, 15) is 4.79 Å². The second-order valence-electron chi connectivity index (χ2n) is 12.6. The van der Waals surface area contributed by atoms with Crippen molar-refractivity contribution in [3.63, 3.8) is 0 Å². The molecule has 2 aromatic carbocycles. The van der Waals surface area contributed by atoms with Gasteiger partial charge in [-0.25, -0.2) is 4.79 Å². The maximum atomic E-state index is 13.3. The number of nitrogens with zero attached hydrogens (tertiary/aromatic N) is 5. The van der Waals surface area contributed by atoms with Crippen LogP contribution in [0.3, 0.4) is 0 Å². The molecule has 3 aromatic heterocycles. The van der Waals surface area contributed by atoms with Crippen LogP contribution in [-0.4, -0.2) is 50.4 Å². The maximum Gasteiger partial charge on any atom is 0.354 e. The Morgan fingerprint density at radius 2 is 1.85 bits per heavy atom. The minimum atomic E-state index is -0.365. The molecule has 0 saturated carbocycles. The summed E-state index contributed by atoms with van der Waals surface area (Å²) in [5.74, 6) is 2.05. The first-order valence-electron chi connectivity index (χ1n) is 16.3. The van der Waals surface area contributed by atoms with Crippen LogP contribution < -0.4 is 10.1 Å². The number of hydrogen-bond acceptors (Lipinski definition) is 7. The molecular weight excluding hydrogens is 632 g/mol. The second kappa shape index (κ2) is 13.0. The number of halogens is 1. The molecule has 11 heteroatoms. The summed E-state index contributed by atoms with van der Waals surface area (Å²) in [5, 5.41) is 14.9. The molecule has 0 spiro atoms. The quantitative estimate of drug-likeness (QED) is 0.193. The van der Waals surface area contributed by atoms with E-state index in [1.807, 2.05) is 65.9 Å². The molecule has 1 N–H and O–H groups in total. The van der Waals surface area contributed by atoms with E-state index in [-0.39, 0.29) is 5.97 Å². The fraction of sp³-hybridized carbons (Fsp3) is 0.417. The number of fused-ring (bicyclic) bond motifs is 8. The van der Waals surface area contributed by atoms with E-state index < -0.39 is 0 Å². The SMILES string of the molecule is COC(=O)c1c2c3ccc(Cl)c(c3n1C)-c1c(C)nn(C)c1CSCc1cc(n(C)n1)CCc1cc3c(c(c1)OCCC2)NCCC3. The van der Waals surface area contributed by atoms with Crippen LogP contribution in [0.5, 0.6) is 5.75 Å². The number of rotatable bonds is 1. The minimum Gasteiger partial charge on any atom is -0.491 e. The van der Waals surface area contributed by atoms with Crippen molar-refractivity contribution in [3.05, 3.63) is 80.5 Å². The number of esters is 1. The van der Waals surface area contributed by atoms with E-state index in [1.165, 1.54) is 23.9 Å². The van der Waals surface area contributed by atoms with Crippen LogP contribution in [-0.2, 0) is 63.1 Å². The number of carbonyl (C=O) groups is 1. The van der Waals surface area contributed by atoms with E-state index in [1.54, 1.807) is 0 Å². The van der Waals surface area contributed by atoms with Crippen molar-refractivity contribution in [1.82, 2.24) is 24.1 Å². The van der Waals surface area contributed by atoms with Gasteiger partial charge in [0.05, 0.1) is 47.0 Å². The van der Waals surface area contributed by atoms with Crippen LogP contribution >= 0.6 is 23.4 Å². The number of nitrogens with one attached hydrogen (secondary N) is 1. The van der Waals surface area contributed by atoms with Crippen molar-refractivity contribution in [1.29, 1.82) is 0 Å². The number of benzene rings is 2. The highest BCUT2D eigenvalue weighted by Gasteiger charge is 2.28. The highest BCUT2D eigenvalue weighted by molar-refractivity contribution is 7.97.